The van der Waals surface area contributed by atoms with E-state index in [2.05, 4.69) is 0 Å². The number of aliphatic carboxylic acids is 2. The first-order chi connectivity index (χ1) is 11.9. The second-order valence-electron chi connectivity index (χ2n) is 5.70. The van der Waals surface area contributed by atoms with Gasteiger partial charge in [-0.15, -0.1) is 0 Å². The Morgan fingerprint density at radius 3 is 1.88 bits per heavy atom. The van der Waals surface area contributed by atoms with Crippen LogP contribution in [0.3, 0.4) is 0 Å². The summed E-state index contributed by atoms with van der Waals surface area (Å²) < 4.78 is 0. The molecule has 0 bridgehead atoms. The molecule has 25 heavy (non-hydrogen) atoms. The highest BCUT2D eigenvalue weighted by Gasteiger charge is 2.23. The molecule has 0 saturated carbocycles. The van der Waals surface area contributed by atoms with E-state index < -0.39 is 24.1 Å². The Balaban J connectivity index is 2.36. The molecule has 0 aromatic heterocycles. The van der Waals surface area contributed by atoms with Gasteiger partial charge in [0.25, 0.3) is 0 Å². The van der Waals surface area contributed by atoms with Crippen LogP contribution in [0.25, 0.3) is 0 Å². The summed E-state index contributed by atoms with van der Waals surface area (Å²) in [6, 6.07) is 15.4. The first kappa shape index (κ1) is 18.1. The topological polar surface area (TPSA) is 91.7 Å². The average molecular weight is 338 g/mol. The number of hydrogen-bond donors (Lipinski definition) is 2. The van der Waals surface area contributed by atoms with Gasteiger partial charge in [-0.25, -0.2) is 9.59 Å². The quantitative estimate of drug-likeness (QED) is 0.597. The van der Waals surface area contributed by atoms with E-state index in [1.807, 2.05) is 6.92 Å². The summed E-state index contributed by atoms with van der Waals surface area (Å²) in [5, 5.41) is 18.9. The van der Waals surface area contributed by atoms with Gasteiger partial charge in [0.2, 0.25) is 0 Å². The minimum absolute atomic E-state index is 0.0566. The third-order valence-electron chi connectivity index (χ3n) is 3.82. The van der Waals surface area contributed by atoms with Gasteiger partial charge in [0.05, 0.1) is 11.1 Å². The average Bonchev–Trinajstić information content (AvgIpc) is 2.59. The minimum atomic E-state index is -1.39. The van der Waals surface area contributed by atoms with E-state index in [1.54, 1.807) is 54.6 Å². The number of carboxylic acid groups (broad SMARTS) is 2. The maximum Gasteiger partial charge on any atom is 0.332 e. The van der Waals surface area contributed by atoms with Crippen molar-refractivity contribution < 1.29 is 24.6 Å². The van der Waals surface area contributed by atoms with Crippen molar-refractivity contribution in [3.63, 3.8) is 0 Å². The normalized spacial score (nSPS) is 11.6. The number of carbonyl (C=O) groups is 3. The minimum Gasteiger partial charge on any atom is -0.478 e. The zero-order valence-corrected chi connectivity index (χ0v) is 13.7. The summed E-state index contributed by atoms with van der Waals surface area (Å²) >= 11 is 0. The molecular formula is C20H18O5. The predicted molar refractivity (Wildman–Crippen MR) is 92.6 cm³/mol. The Bertz CT molecular complexity index is 817. The summed E-state index contributed by atoms with van der Waals surface area (Å²) in [5.74, 6) is -3.16. The van der Waals surface area contributed by atoms with Crippen LogP contribution < -0.4 is 0 Å². The van der Waals surface area contributed by atoms with Gasteiger partial charge in [-0.3, -0.25) is 4.79 Å². The lowest BCUT2D eigenvalue weighted by Crippen LogP contribution is -2.16. The molecule has 0 unspecified atom stereocenters. The zero-order chi connectivity index (χ0) is 18.4. The summed E-state index contributed by atoms with van der Waals surface area (Å²) in [5.41, 5.74) is 1.33. The summed E-state index contributed by atoms with van der Waals surface area (Å²) in [6.45, 7) is 1.87. The lowest BCUT2D eigenvalue weighted by atomic mass is 9.94. The second kappa shape index (κ2) is 8.06. The lowest BCUT2D eigenvalue weighted by molar-refractivity contribution is -0.136. The van der Waals surface area contributed by atoms with Crippen molar-refractivity contribution in [3.05, 3.63) is 82.4 Å². The van der Waals surface area contributed by atoms with Gasteiger partial charge in [-0.2, -0.15) is 0 Å². The van der Waals surface area contributed by atoms with Crippen LogP contribution in [0.5, 0.6) is 0 Å². The van der Waals surface area contributed by atoms with Crippen molar-refractivity contribution >= 4 is 17.7 Å². The van der Waals surface area contributed by atoms with Gasteiger partial charge in [0, 0.05) is 18.4 Å². The van der Waals surface area contributed by atoms with Crippen molar-refractivity contribution in [2.45, 2.75) is 19.8 Å². The Hall–Kier alpha value is -3.21. The Labute approximate surface area is 145 Å². The van der Waals surface area contributed by atoms with Crippen LogP contribution in [-0.4, -0.2) is 27.9 Å². The van der Waals surface area contributed by atoms with E-state index in [9.17, 15) is 24.6 Å². The van der Waals surface area contributed by atoms with Crippen molar-refractivity contribution in [2.75, 3.05) is 0 Å². The Morgan fingerprint density at radius 2 is 1.36 bits per heavy atom. The number of rotatable bonds is 7. The van der Waals surface area contributed by atoms with Gasteiger partial charge in [0.15, 0.2) is 5.78 Å². The van der Waals surface area contributed by atoms with Crippen LogP contribution in [0.15, 0.2) is 65.7 Å². The first-order valence-corrected chi connectivity index (χ1v) is 7.71. The van der Waals surface area contributed by atoms with E-state index in [-0.39, 0.29) is 17.6 Å². The standard InChI is InChI=1S/C20H18O5/c1-13-7-9-15(10-8-13)18(21)12-17(20(24)25)16(19(22)23)11-14-5-3-2-4-6-14/h2-10H,11-12H2,1H3,(H,22,23)(H,24,25)/b17-16+. The van der Waals surface area contributed by atoms with Crippen LogP contribution in [-0.2, 0) is 16.0 Å². The molecule has 0 aliphatic carbocycles. The number of carboxylic acids is 2. The zero-order valence-electron chi connectivity index (χ0n) is 13.7. The number of Topliss-reactive ketones (excluding diaryl/α,β-unsaturated/α-hetero) is 1. The fourth-order valence-electron chi connectivity index (χ4n) is 2.42. The van der Waals surface area contributed by atoms with Crippen LogP contribution in [0.1, 0.15) is 27.9 Å². The molecule has 0 heterocycles. The van der Waals surface area contributed by atoms with Crippen LogP contribution in [0.4, 0.5) is 0 Å². The number of carbonyl (C=O) groups excluding carboxylic acids is 1. The van der Waals surface area contributed by atoms with Gasteiger partial charge >= 0.3 is 11.9 Å². The molecular weight excluding hydrogens is 320 g/mol. The highest BCUT2D eigenvalue weighted by molar-refractivity contribution is 6.07. The monoisotopic (exact) mass is 338 g/mol. The molecule has 0 aliphatic heterocycles. The number of aryl methyl sites for hydroxylation is 1. The summed E-state index contributed by atoms with van der Waals surface area (Å²) in [7, 11) is 0. The molecule has 0 atom stereocenters. The molecule has 2 aromatic rings. The third-order valence-corrected chi connectivity index (χ3v) is 3.82. The molecule has 5 heteroatoms. The highest BCUT2D eigenvalue weighted by Crippen LogP contribution is 2.19. The summed E-state index contributed by atoms with van der Waals surface area (Å²) in [6.07, 6.45) is -0.522. The Morgan fingerprint density at radius 1 is 0.800 bits per heavy atom. The molecule has 0 fully saturated rings. The SMILES string of the molecule is Cc1ccc(C(=O)C/C(C(=O)O)=C(/Cc2ccccc2)C(=O)O)cc1. The van der Waals surface area contributed by atoms with E-state index in [1.165, 1.54) is 0 Å². The molecule has 0 amide bonds. The first-order valence-electron chi connectivity index (χ1n) is 7.71. The maximum absolute atomic E-state index is 12.4. The van der Waals surface area contributed by atoms with E-state index in [4.69, 9.17) is 0 Å². The molecule has 0 saturated heterocycles. The van der Waals surface area contributed by atoms with Crippen molar-refractivity contribution in [1.82, 2.24) is 0 Å². The van der Waals surface area contributed by atoms with E-state index in [0.29, 0.717) is 11.1 Å². The fourth-order valence-corrected chi connectivity index (χ4v) is 2.42. The number of benzene rings is 2. The van der Waals surface area contributed by atoms with Crippen molar-refractivity contribution in [2.24, 2.45) is 0 Å². The van der Waals surface area contributed by atoms with E-state index in [0.717, 1.165) is 5.56 Å². The van der Waals surface area contributed by atoms with Crippen LogP contribution in [0, 0.1) is 6.92 Å². The lowest BCUT2D eigenvalue weighted by Gasteiger charge is -2.09. The maximum atomic E-state index is 12.4. The molecule has 2 N–H and O–H groups in total. The highest BCUT2D eigenvalue weighted by atomic mass is 16.4. The van der Waals surface area contributed by atoms with Crippen LogP contribution >= 0.6 is 0 Å². The molecule has 0 spiro atoms. The Kier molecular flexibility index (Phi) is 5.84. The fraction of sp³-hybridized carbons (Fsp3) is 0.150. The molecule has 2 rings (SSSR count). The summed E-state index contributed by atoms with van der Waals surface area (Å²) in [4.78, 5) is 35.5. The number of hydrogen-bond acceptors (Lipinski definition) is 3. The van der Waals surface area contributed by atoms with Gasteiger partial charge in [-0.05, 0) is 12.5 Å². The smallest absolute Gasteiger partial charge is 0.332 e. The van der Waals surface area contributed by atoms with Gasteiger partial charge < -0.3 is 10.2 Å². The largest absolute Gasteiger partial charge is 0.478 e. The van der Waals surface area contributed by atoms with Crippen molar-refractivity contribution in [3.8, 4) is 0 Å². The van der Waals surface area contributed by atoms with Crippen molar-refractivity contribution in [1.29, 1.82) is 0 Å². The predicted octanol–water partition coefficient (Wildman–Crippen LogP) is 3.28. The second-order valence-corrected chi connectivity index (χ2v) is 5.70. The molecule has 128 valence electrons. The van der Waals surface area contributed by atoms with Gasteiger partial charge in [0.1, 0.15) is 0 Å². The number of ketones is 1. The van der Waals surface area contributed by atoms with Crippen LogP contribution in [0.2, 0.25) is 0 Å². The third kappa shape index (κ3) is 4.88. The molecule has 0 aliphatic rings. The van der Waals surface area contributed by atoms with E-state index >= 15 is 0 Å². The van der Waals surface area contributed by atoms with Gasteiger partial charge in [-0.1, -0.05) is 60.2 Å². The molecule has 5 nitrogen and oxygen atoms in total. The molecule has 0 radical (unpaired) electrons. The molecule has 2 aromatic carbocycles.